The van der Waals surface area contributed by atoms with Gasteiger partial charge >= 0.3 is 0 Å². The maximum absolute atomic E-state index is 9.22. The number of nitrogens with zero attached hydrogens (tertiary/aromatic N) is 3. The summed E-state index contributed by atoms with van der Waals surface area (Å²) in [5.74, 6) is 0. The summed E-state index contributed by atoms with van der Waals surface area (Å²) < 4.78 is 1.68. The Bertz CT molecular complexity index is 585. The third kappa shape index (κ3) is 1.56. The zero-order valence-corrected chi connectivity index (χ0v) is 10.2. The van der Waals surface area contributed by atoms with Crippen molar-refractivity contribution in [2.24, 2.45) is 0 Å². The van der Waals surface area contributed by atoms with Crippen LogP contribution in [0.2, 0.25) is 5.15 Å². The Kier molecular flexibility index (Phi) is 2.40. The smallest absolute Gasteiger partial charge is 0.149 e. The second kappa shape index (κ2) is 3.50. The summed E-state index contributed by atoms with van der Waals surface area (Å²) in [5, 5.41) is 9.73. The van der Waals surface area contributed by atoms with Gasteiger partial charge in [-0.3, -0.25) is 4.40 Å². The molecule has 2 aromatic heterocycles. The lowest BCUT2D eigenvalue weighted by Crippen LogP contribution is -2.13. The zero-order chi connectivity index (χ0) is 11.9. The van der Waals surface area contributed by atoms with E-state index in [-0.39, 0.29) is 5.41 Å². The van der Waals surface area contributed by atoms with Gasteiger partial charge in [0.15, 0.2) is 0 Å². The lowest BCUT2D eigenvalue weighted by molar-refractivity contribution is 0.571. The van der Waals surface area contributed by atoms with Crippen LogP contribution in [0.4, 0.5) is 0 Å². The normalized spacial score (nSPS) is 11.7. The molecule has 4 heteroatoms. The Morgan fingerprint density at radius 2 is 2.06 bits per heavy atom. The van der Waals surface area contributed by atoms with Crippen molar-refractivity contribution in [3.05, 3.63) is 34.7 Å². The zero-order valence-electron chi connectivity index (χ0n) is 9.45. The van der Waals surface area contributed by atoms with Gasteiger partial charge in [-0.25, -0.2) is 4.98 Å². The highest BCUT2D eigenvalue weighted by atomic mass is 35.5. The van der Waals surface area contributed by atoms with Crippen LogP contribution < -0.4 is 0 Å². The monoisotopic (exact) mass is 233 g/mol. The minimum atomic E-state index is -0.166. The Labute approximate surface area is 99.3 Å². The molecule has 16 heavy (non-hydrogen) atoms. The summed E-state index contributed by atoms with van der Waals surface area (Å²) in [6.07, 6.45) is 0. The molecule has 0 radical (unpaired) electrons. The van der Waals surface area contributed by atoms with Gasteiger partial charge in [-0.2, -0.15) is 5.26 Å². The largest absolute Gasteiger partial charge is 0.274 e. The van der Waals surface area contributed by atoms with E-state index in [9.17, 15) is 5.26 Å². The average molecular weight is 234 g/mol. The fraction of sp³-hybridized carbons (Fsp3) is 0.333. The van der Waals surface area contributed by atoms with Crippen molar-refractivity contribution in [2.75, 3.05) is 0 Å². The minimum absolute atomic E-state index is 0.166. The molecule has 0 saturated heterocycles. The molecule has 2 rings (SSSR count). The third-order valence-corrected chi connectivity index (χ3v) is 2.71. The van der Waals surface area contributed by atoms with Gasteiger partial charge in [-0.15, -0.1) is 0 Å². The lowest BCUT2D eigenvalue weighted by atomic mass is 9.91. The van der Waals surface area contributed by atoms with Crippen LogP contribution >= 0.6 is 11.6 Å². The van der Waals surface area contributed by atoms with Crippen LogP contribution in [0.25, 0.3) is 5.65 Å². The van der Waals surface area contributed by atoms with Crippen LogP contribution in [0, 0.1) is 11.3 Å². The van der Waals surface area contributed by atoms with E-state index in [1.54, 1.807) is 10.5 Å². The Morgan fingerprint density at radius 1 is 1.38 bits per heavy atom. The standard InChI is InChI=1S/C12H12ClN3/c1-12(2,3)11-8(7-14)16-9(13)5-4-6-10(16)15-11/h4-6H,1-3H3. The first-order valence-corrected chi connectivity index (χ1v) is 5.40. The number of halogens is 1. The van der Waals surface area contributed by atoms with Crippen LogP contribution in [-0.4, -0.2) is 9.38 Å². The first kappa shape index (κ1) is 11.0. The van der Waals surface area contributed by atoms with Gasteiger partial charge in [-0.05, 0) is 12.1 Å². The fourth-order valence-electron chi connectivity index (χ4n) is 1.68. The summed E-state index contributed by atoms with van der Waals surface area (Å²) >= 11 is 6.08. The summed E-state index contributed by atoms with van der Waals surface area (Å²) in [6.45, 7) is 6.09. The molecule has 2 heterocycles. The van der Waals surface area contributed by atoms with E-state index in [4.69, 9.17) is 11.6 Å². The highest BCUT2D eigenvalue weighted by molar-refractivity contribution is 6.29. The topological polar surface area (TPSA) is 41.1 Å². The van der Waals surface area contributed by atoms with E-state index in [0.29, 0.717) is 16.5 Å². The molecule has 0 fully saturated rings. The summed E-state index contributed by atoms with van der Waals surface area (Å²) in [7, 11) is 0. The SMILES string of the molecule is CC(C)(C)c1nc2cccc(Cl)n2c1C#N. The molecule has 82 valence electrons. The second-order valence-corrected chi connectivity index (χ2v) is 5.10. The first-order valence-electron chi connectivity index (χ1n) is 5.02. The van der Waals surface area contributed by atoms with Crippen LogP contribution in [0.15, 0.2) is 18.2 Å². The molecule has 0 amide bonds. The Morgan fingerprint density at radius 3 is 2.62 bits per heavy atom. The highest BCUT2D eigenvalue weighted by Crippen LogP contribution is 2.27. The van der Waals surface area contributed by atoms with E-state index in [0.717, 1.165) is 5.69 Å². The van der Waals surface area contributed by atoms with Crippen molar-refractivity contribution >= 4 is 17.2 Å². The van der Waals surface area contributed by atoms with Crippen molar-refractivity contribution in [1.29, 1.82) is 5.26 Å². The first-order chi connectivity index (χ1) is 7.45. The van der Waals surface area contributed by atoms with E-state index in [1.807, 2.05) is 32.9 Å². The van der Waals surface area contributed by atoms with Gasteiger partial charge in [0.05, 0.1) is 5.69 Å². The molecule has 0 aromatic carbocycles. The number of aromatic nitrogens is 2. The molecule has 0 atom stereocenters. The molecule has 3 nitrogen and oxygen atoms in total. The third-order valence-electron chi connectivity index (χ3n) is 2.41. The summed E-state index contributed by atoms with van der Waals surface area (Å²) in [5.41, 5.74) is 1.85. The van der Waals surface area contributed by atoms with Gasteiger partial charge in [0.2, 0.25) is 0 Å². The number of rotatable bonds is 0. The molecular formula is C12H12ClN3. The van der Waals surface area contributed by atoms with Crippen LogP contribution in [0.1, 0.15) is 32.2 Å². The second-order valence-electron chi connectivity index (χ2n) is 4.71. The number of pyridine rings is 1. The van der Waals surface area contributed by atoms with E-state index < -0.39 is 0 Å². The fourth-order valence-corrected chi connectivity index (χ4v) is 1.92. The molecule has 0 bridgehead atoms. The number of fused-ring (bicyclic) bond motifs is 1. The average Bonchev–Trinajstić information content (AvgIpc) is 2.57. The molecular weight excluding hydrogens is 222 g/mol. The maximum atomic E-state index is 9.22. The van der Waals surface area contributed by atoms with Crippen molar-refractivity contribution in [3.63, 3.8) is 0 Å². The molecule has 0 spiro atoms. The van der Waals surface area contributed by atoms with Crippen LogP contribution in [0.5, 0.6) is 0 Å². The van der Waals surface area contributed by atoms with E-state index in [2.05, 4.69) is 11.1 Å². The number of hydrogen-bond donors (Lipinski definition) is 0. The van der Waals surface area contributed by atoms with Crippen molar-refractivity contribution in [2.45, 2.75) is 26.2 Å². The number of imidazole rings is 1. The predicted molar refractivity (Wildman–Crippen MR) is 63.6 cm³/mol. The summed E-state index contributed by atoms with van der Waals surface area (Å²) in [6, 6.07) is 7.62. The van der Waals surface area contributed by atoms with E-state index >= 15 is 0 Å². The number of nitriles is 1. The van der Waals surface area contributed by atoms with Gasteiger partial charge < -0.3 is 0 Å². The molecule has 0 aliphatic carbocycles. The maximum Gasteiger partial charge on any atom is 0.149 e. The minimum Gasteiger partial charge on any atom is -0.274 e. The van der Waals surface area contributed by atoms with Gasteiger partial charge in [0, 0.05) is 5.41 Å². The van der Waals surface area contributed by atoms with Crippen LogP contribution in [0.3, 0.4) is 0 Å². The van der Waals surface area contributed by atoms with Crippen molar-refractivity contribution < 1.29 is 0 Å². The Hall–Kier alpha value is -1.53. The van der Waals surface area contributed by atoms with Crippen LogP contribution in [-0.2, 0) is 5.41 Å². The van der Waals surface area contributed by atoms with Gasteiger partial charge in [0.1, 0.15) is 22.6 Å². The molecule has 0 N–H and O–H groups in total. The summed E-state index contributed by atoms with van der Waals surface area (Å²) in [4.78, 5) is 4.47. The van der Waals surface area contributed by atoms with E-state index in [1.165, 1.54) is 0 Å². The lowest BCUT2D eigenvalue weighted by Gasteiger charge is -2.15. The molecule has 0 unspecified atom stereocenters. The predicted octanol–water partition coefficient (Wildman–Crippen LogP) is 3.16. The molecule has 0 aliphatic heterocycles. The quantitative estimate of drug-likeness (QED) is 0.656. The van der Waals surface area contributed by atoms with Gasteiger partial charge in [-0.1, -0.05) is 38.4 Å². The highest BCUT2D eigenvalue weighted by Gasteiger charge is 2.24. The van der Waals surface area contributed by atoms with Crippen molar-refractivity contribution in [3.8, 4) is 6.07 Å². The number of hydrogen-bond acceptors (Lipinski definition) is 2. The molecule has 0 aliphatic rings. The molecule has 2 aromatic rings. The van der Waals surface area contributed by atoms with Crippen molar-refractivity contribution in [1.82, 2.24) is 9.38 Å². The van der Waals surface area contributed by atoms with Gasteiger partial charge in [0.25, 0.3) is 0 Å². The molecule has 0 saturated carbocycles. The Balaban J connectivity index is 2.90.